The zero-order chi connectivity index (χ0) is 14.7. The summed E-state index contributed by atoms with van der Waals surface area (Å²) >= 11 is 0. The number of nitrogens with zero attached hydrogens (tertiary/aromatic N) is 1. The van der Waals surface area contributed by atoms with Gasteiger partial charge in [-0.3, -0.25) is 4.99 Å². The molecule has 0 aliphatic carbocycles. The van der Waals surface area contributed by atoms with E-state index in [1.165, 1.54) is 6.40 Å². The number of ether oxygens (including phenoxy) is 3. The number of hydrogen-bond acceptors (Lipinski definition) is 4. The van der Waals surface area contributed by atoms with E-state index in [4.69, 9.17) is 14.2 Å². The third-order valence-electron chi connectivity index (χ3n) is 3.73. The molecule has 0 amide bonds. The minimum Gasteiger partial charge on any atom is -0.496 e. The van der Waals surface area contributed by atoms with Crippen LogP contribution in [0.15, 0.2) is 53.5 Å². The van der Waals surface area contributed by atoms with Crippen LogP contribution in [0, 0.1) is 0 Å². The monoisotopic (exact) mass is 283 g/mol. The molecule has 0 unspecified atom stereocenters. The van der Waals surface area contributed by atoms with E-state index in [9.17, 15) is 0 Å². The van der Waals surface area contributed by atoms with Gasteiger partial charge in [-0.05, 0) is 12.1 Å². The Morgan fingerprint density at radius 2 is 1.43 bits per heavy atom. The van der Waals surface area contributed by atoms with Crippen LogP contribution in [0.4, 0.5) is 0 Å². The summed E-state index contributed by atoms with van der Waals surface area (Å²) in [5, 5.41) is 0. The van der Waals surface area contributed by atoms with Crippen molar-refractivity contribution in [3.05, 3.63) is 59.7 Å². The molecule has 3 rings (SSSR count). The summed E-state index contributed by atoms with van der Waals surface area (Å²) in [4.78, 5) is 4.28. The lowest BCUT2D eigenvalue weighted by Gasteiger charge is -2.30. The smallest absolute Gasteiger partial charge is 0.187 e. The Hall–Kier alpha value is -2.49. The first-order valence-electron chi connectivity index (χ1n) is 6.75. The van der Waals surface area contributed by atoms with Crippen molar-refractivity contribution in [2.45, 2.75) is 5.60 Å². The van der Waals surface area contributed by atoms with Crippen LogP contribution in [0.25, 0.3) is 0 Å². The van der Waals surface area contributed by atoms with Crippen molar-refractivity contribution < 1.29 is 14.2 Å². The minimum atomic E-state index is -0.709. The predicted molar refractivity (Wildman–Crippen MR) is 81.2 cm³/mol. The summed E-state index contributed by atoms with van der Waals surface area (Å²) in [5.41, 5.74) is 1.17. The maximum absolute atomic E-state index is 5.95. The molecule has 1 heterocycles. The standard InChI is InChI=1S/C17H17NO3/c1-19-15-9-5-3-7-13(15)17(11-18-12-21-17)14-8-4-6-10-16(14)20-2/h3-10,12H,11H2,1-2H3. The van der Waals surface area contributed by atoms with Gasteiger partial charge in [0.2, 0.25) is 0 Å². The van der Waals surface area contributed by atoms with Crippen molar-refractivity contribution in [3.8, 4) is 11.5 Å². The van der Waals surface area contributed by atoms with E-state index >= 15 is 0 Å². The molecule has 0 bridgehead atoms. The van der Waals surface area contributed by atoms with Crippen LogP contribution < -0.4 is 9.47 Å². The Bertz CT molecular complexity index is 609. The van der Waals surface area contributed by atoms with Crippen LogP contribution in [0.5, 0.6) is 11.5 Å². The van der Waals surface area contributed by atoms with Crippen molar-refractivity contribution in [1.29, 1.82) is 0 Å². The quantitative estimate of drug-likeness (QED) is 0.866. The van der Waals surface area contributed by atoms with E-state index in [-0.39, 0.29) is 0 Å². The summed E-state index contributed by atoms with van der Waals surface area (Å²) in [6, 6.07) is 15.7. The molecule has 4 nitrogen and oxygen atoms in total. The average molecular weight is 283 g/mol. The molecule has 0 saturated carbocycles. The van der Waals surface area contributed by atoms with Gasteiger partial charge in [0.05, 0.1) is 20.8 Å². The second kappa shape index (κ2) is 5.48. The topological polar surface area (TPSA) is 40.0 Å². The van der Waals surface area contributed by atoms with Crippen LogP contribution in [0.1, 0.15) is 11.1 Å². The molecule has 0 atom stereocenters. The number of methoxy groups -OCH3 is 2. The van der Waals surface area contributed by atoms with Gasteiger partial charge in [-0.15, -0.1) is 0 Å². The Balaban J connectivity index is 2.21. The molecule has 4 heteroatoms. The van der Waals surface area contributed by atoms with Crippen molar-refractivity contribution in [2.24, 2.45) is 4.99 Å². The van der Waals surface area contributed by atoms with E-state index in [2.05, 4.69) is 4.99 Å². The summed E-state index contributed by atoms with van der Waals surface area (Å²) in [6.07, 6.45) is 1.50. The van der Waals surface area contributed by atoms with Crippen molar-refractivity contribution in [1.82, 2.24) is 0 Å². The van der Waals surface area contributed by atoms with Crippen LogP contribution in [-0.2, 0) is 10.3 Å². The number of aliphatic imine (C=N–C) groups is 1. The van der Waals surface area contributed by atoms with E-state index in [1.807, 2.05) is 48.5 Å². The fourth-order valence-corrected chi connectivity index (χ4v) is 2.73. The molecule has 0 N–H and O–H groups in total. The predicted octanol–water partition coefficient (Wildman–Crippen LogP) is 3.01. The maximum atomic E-state index is 5.95. The minimum absolute atomic E-state index is 0.494. The van der Waals surface area contributed by atoms with E-state index < -0.39 is 5.60 Å². The first kappa shape index (κ1) is 13.5. The van der Waals surface area contributed by atoms with Gasteiger partial charge in [-0.25, -0.2) is 0 Å². The van der Waals surface area contributed by atoms with Crippen molar-refractivity contribution in [3.63, 3.8) is 0 Å². The molecule has 2 aromatic carbocycles. The van der Waals surface area contributed by atoms with E-state index in [0.29, 0.717) is 6.54 Å². The van der Waals surface area contributed by atoms with Crippen LogP contribution in [0.2, 0.25) is 0 Å². The molecule has 0 radical (unpaired) electrons. The molecular formula is C17H17NO3. The lowest BCUT2D eigenvalue weighted by Crippen LogP contribution is -2.31. The van der Waals surface area contributed by atoms with Crippen LogP contribution in [-0.4, -0.2) is 27.2 Å². The van der Waals surface area contributed by atoms with Gasteiger partial charge in [-0.1, -0.05) is 36.4 Å². The summed E-state index contributed by atoms with van der Waals surface area (Å²) in [5.74, 6) is 1.54. The number of benzene rings is 2. The Kier molecular flexibility index (Phi) is 3.52. The van der Waals surface area contributed by atoms with Gasteiger partial charge in [0.15, 0.2) is 12.0 Å². The normalized spacial score (nSPS) is 15.5. The van der Waals surface area contributed by atoms with Gasteiger partial charge in [0.1, 0.15) is 11.5 Å². The second-order valence-electron chi connectivity index (χ2n) is 4.79. The third-order valence-corrected chi connectivity index (χ3v) is 3.73. The van der Waals surface area contributed by atoms with E-state index in [1.54, 1.807) is 14.2 Å². The highest BCUT2D eigenvalue weighted by molar-refractivity contribution is 5.59. The Labute approximate surface area is 124 Å². The molecule has 0 aromatic heterocycles. The molecule has 1 aliphatic rings. The summed E-state index contributed by atoms with van der Waals surface area (Å²) in [6.45, 7) is 0.494. The number of rotatable bonds is 4. The van der Waals surface area contributed by atoms with Crippen LogP contribution in [0.3, 0.4) is 0 Å². The largest absolute Gasteiger partial charge is 0.496 e. The van der Waals surface area contributed by atoms with Crippen molar-refractivity contribution >= 4 is 6.40 Å². The fraction of sp³-hybridized carbons (Fsp3) is 0.235. The first-order chi connectivity index (χ1) is 10.3. The maximum Gasteiger partial charge on any atom is 0.187 e. The lowest BCUT2D eigenvalue weighted by atomic mass is 9.85. The molecule has 2 aromatic rings. The Morgan fingerprint density at radius 1 is 0.905 bits per heavy atom. The zero-order valence-corrected chi connectivity index (χ0v) is 12.1. The number of hydrogen-bond donors (Lipinski definition) is 0. The van der Waals surface area contributed by atoms with Gasteiger partial charge in [0, 0.05) is 11.1 Å². The summed E-state index contributed by atoms with van der Waals surface area (Å²) in [7, 11) is 3.31. The Morgan fingerprint density at radius 3 is 1.86 bits per heavy atom. The van der Waals surface area contributed by atoms with Crippen molar-refractivity contribution in [2.75, 3.05) is 20.8 Å². The van der Waals surface area contributed by atoms with Gasteiger partial charge < -0.3 is 14.2 Å². The van der Waals surface area contributed by atoms with E-state index in [0.717, 1.165) is 22.6 Å². The van der Waals surface area contributed by atoms with Gasteiger partial charge in [-0.2, -0.15) is 0 Å². The first-order valence-corrected chi connectivity index (χ1v) is 6.75. The fourth-order valence-electron chi connectivity index (χ4n) is 2.73. The molecule has 0 spiro atoms. The lowest BCUT2D eigenvalue weighted by molar-refractivity contribution is 0.132. The SMILES string of the molecule is COc1ccccc1C1(c2ccccc2OC)CN=CO1. The molecule has 1 aliphatic heterocycles. The third kappa shape index (κ3) is 2.13. The van der Waals surface area contributed by atoms with Crippen LogP contribution >= 0.6 is 0 Å². The molecule has 0 fully saturated rings. The van der Waals surface area contributed by atoms with Gasteiger partial charge >= 0.3 is 0 Å². The van der Waals surface area contributed by atoms with Gasteiger partial charge in [0.25, 0.3) is 0 Å². The molecule has 0 saturated heterocycles. The zero-order valence-electron chi connectivity index (χ0n) is 12.1. The average Bonchev–Trinajstić information content (AvgIpc) is 3.05. The highest BCUT2D eigenvalue weighted by Gasteiger charge is 2.43. The second-order valence-corrected chi connectivity index (χ2v) is 4.79. The molecule has 21 heavy (non-hydrogen) atoms. The molecule has 108 valence electrons. The summed E-state index contributed by atoms with van der Waals surface area (Å²) < 4.78 is 16.9. The highest BCUT2D eigenvalue weighted by atomic mass is 16.5. The number of para-hydroxylation sites is 2. The molecular weight excluding hydrogens is 266 g/mol. The highest BCUT2D eigenvalue weighted by Crippen LogP contribution is 2.44.